The molecule has 1 atom stereocenters. The predicted octanol–water partition coefficient (Wildman–Crippen LogP) is 6.14. The first-order chi connectivity index (χ1) is 16.3. The minimum atomic E-state index is -4.47. The van der Waals surface area contributed by atoms with Gasteiger partial charge in [0.25, 0.3) is 5.91 Å². The number of amides is 1. The normalized spacial score (nSPS) is 16.2. The van der Waals surface area contributed by atoms with E-state index >= 15 is 0 Å². The van der Waals surface area contributed by atoms with E-state index in [1.165, 1.54) is 12.1 Å². The molecule has 1 amide bonds. The molecule has 2 aromatic heterocycles. The second kappa shape index (κ2) is 8.52. The van der Waals surface area contributed by atoms with E-state index in [0.29, 0.717) is 5.56 Å². The molecule has 1 aliphatic rings. The molecule has 5 rings (SSSR count). The van der Waals surface area contributed by atoms with Crippen molar-refractivity contribution < 1.29 is 18.0 Å². The van der Waals surface area contributed by atoms with Gasteiger partial charge < -0.3 is 15.2 Å². The fourth-order valence-electron chi connectivity index (χ4n) is 4.65. The van der Waals surface area contributed by atoms with E-state index < -0.39 is 17.6 Å². The molecule has 34 heavy (non-hydrogen) atoms. The number of halogens is 3. The molecule has 1 saturated heterocycles. The van der Waals surface area contributed by atoms with Gasteiger partial charge in [-0.2, -0.15) is 13.2 Å². The van der Waals surface area contributed by atoms with E-state index in [9.17, 15) is 18.0 Å². The molecule has 0 bridgehead atoms. The number of nitrogens with one attached hydrogen (secondary N) is 2. The first-order valence-electron chi connectivity index (χ1n) is 11.1. The Bertz CT molecular complexity index is 1360. The molecule has 0 saturated carbocycles. The summed E-state index contributed by atoms with van der Waals surface area (Å²) in [7, 11) is 0. The first kappa shape index (κ1) is 22.0. The van der Waals surface area contributed by atoms with E-state index in [2.05, 4.69) is 20.2 Å². The zero-order chi connectivity index (χ0) is 23.9. The molecule has 4 aromatic rings. The van der Waals surface area contributed by atoms with Gasteiger partial charge in [0.05, 0.1) is 5.56 Å². The SMILES string of the molecule is Cc1ccc(C(=O)Nc2cccc(C(F)(F)F)c2)cc1C1CCN(c2ccnc3[nH]ccc23)C1. The molecule has 3 heterocycles. The summed E-state index contributed by atoms with van der Waals surface area (Å²) in [4.78, 5) is 22.7. The van der Waals surface area contributed by atoms with E-state index in [1.54, 1.807) is 12.3 Å². The Balaban J connectivity index is 1.35. The fourth-order valence-corrected chi connectivity index (χ4v) is 4.65. The lowest BCUT2D eigenvalue weighted by Gasteiger charge is -2.20. The third kappa shape index (κ3) is 4.23. The fraction of sp³-hybridized carbons (Fsp3) is 0.231. The number of alkyl halides is 3. The Hall–Kier alpha value is -3.81. The number of rotatable bonds is 4. The number of carbonyl (C=O) groups is 1. The Morgan fingerprint density at radius 2 is 2.00 bits per heavy atom. The van der Waals surface area contributed by atoms with Crippen LogP contribution in [0.4, 0.5) is 24.5 Å². The zero-order valence-corrected chi connectivity index (χ0v) is 18.5. The van der Waals surface area contributed by atoms with Crippen molar-refractivity contribution in [3.8, 4) is 0 Å². The van der Waals surface area contributed by atoms with Gasteiger partial charge in [-0.25, -0.2) is 4.98 Å². The summed E-state index contributed by atoms with van der Waals surface area (Å²) < 4.78 is 39.0. The number of aromatic amines is 1. The molecular weight excluding hydrogens is 441 g/mol. The third-order valence-corrected chi connectivity index (χ3v) is 6.40. The Morgan fingerprint density at radius 1 is 1.15 bits per heavy atom. The number of anilines is 2. The summed E-state index contributed by atoms with van der Waals surface area (Å²) >= 11 is 0. The standard InChI is InChI=1S/C26H23F3N4O/c1-16-5-6-17(25(34)32-20-4-2-3-19(14-20)26(27,28)29)13-22(16)18-9-12-33(15-18)23-8-11-31-24-21(23)7-10-30-24/h2-8,10-11,13-14,18H,9,12,15H2,1H3,(H,30,31)(H,32,34). The molecule has 2 N–H and O–H groups in total. The van der Waals surface area contributed by atoms with Crippen LogP contribution in [0, 0.1) is 6.92 Å². The second-order valence-corrected chi connectivity index (χ2v) is 8.61. The number of pyridine rings is 1. The number of H-pyrrole nitrogens is 1. The van der Waals surface area contributed by atoms with Crippen LogP contribution < -0.4 is 10.2 Å². The molecule has 0 radical (unpaired) electrons. The van der Waals surface area contributed by atoms with Crippen molar-refractivity contribution in [3.05, 3.63) is 89.2 Å². The summed E-state index contributed by atoms with van der Waals surface area (Å²) in [5, 5.41) is 3.68. The van der Waals surface area contributed by atoms with Gasteiger partial charge in [-0.05, 0) is 66.9 Å². The van der Waals surface area contributed by atoms with Crippen LogP contribution in [-0.4, -0.2) is 29.0 Å². The van der Waals surface area contributed by atoms with Gasteiger partial charge in [-0.3, -0.25) is 4.79 Å². The third-order valence-electron chi connectivity index (χ3n) is 6.40. The van der Waals surface area contributed by atoms with Crippen LogP contribution in [-0.2, 0) is 6.18 Å². The van der Waals surface area contributed by atoms with Crippen LogP contribution in [0.15, 0.2) is 67.0 Å². The molecule has 0 spiro atoms. The smallest absolute Gasteiger partial charge is 0.370 e. The van der Waals surface area contributed by atoms with Crippen molar-refractivity contribution in [1.29, 1.82) is 0 Å². The van der Waals surface area contributed by atoms with Crippen LogP contribution in [0.2, 0.25) is 0 Å². The summed E-state index contributed by atoms with van der Waals surface area (Å²) in [5.74, 6) is -0.193. The number of aryl methyl sites for hydroxylation is 1. The average molecular weight is 464 g/mol. The van der Waals surface area contributed by atoms with Crippen molar-refractivity contribution in [2.45, 2.75) is 25.4 Å². The molecule has 5 nitrogen and oxygen atoms in total. The van der Waals surface area contributed by atoms with Gasteiger partial charge in [0.2, 0.25) is 0 Å². The summed E-state index contributed by atoms with van der Waals surface area (Å²) in [6.07, 6.45) is 0.150. The second-order valence-electron chi connectivity index (χ2n) is 8.61. The number of hydrogen-bond acceptors (Lipinski definition) is 3. The molecule has 1 unspecified atom stereocenters. The minimum Gasteiger partial charge on any atom is -0.370 e. The monoisotopic (exact) mass is 464 g/mol. The van der Waals surface area contributed by atoms with Gasteiger partial charge in [0.1, 0.15) is 5.65 Å². The summed E-state index contributed by atoms with van der Waals surface area (Å²) in [5.41, 5.74) is 3.89. The zero-order valence-electron chi connectivity index (χ0n) is 18.5. The van der Waals surface area contributed by atoms with E-state index in [0.717, 1.165) is 59.5 Å². The molecule has 2 aromatic carbocycles. The van der Waals surface area contributed by atoms with Crippen molar-refractivity contribution in [2.75, 3.05) is 23.3 Å². The molecule has 1 fully saturated rings. The van der Waals surface area contributed by atoms with Crippen LogP contribution in [0.25, 0.3) is 11.0 Å². The van der Waals surface area contributed by atoms with Crippen LogP contribution in [0.1, 0.15) is 39.4 Å². The quantitative estimate of drug-likeness (QED) is 0.382. The Labute approximate surface area is 194 Å². The highest BCUT2D eigenvalue weighted by atomic mass is 19.4. The highest BCUT2D eigenvalue weighted by Gasteiger charge is 2.31. The van der Waals surface area contributed by atoms with Crippen molar-refractivity contribution in [3.63, 3.8) is 0 Å². The molecule has 174 valence electrons. The topological polar surface area (TPSA) is 61.0 Å². The van der Waals surface area contributed by atoms with Crippen molar-refractivity contribution in [2.24, 2.45) is 0 Å². The van der Waals surface area contributed by atoms with Crippen LogP contribution >= 0.6 is 0 Å². The van der Waals surface area contributed by atoms with Crippen molar-refractivity contribution >= 4 is 28.3 Å². The summed E-state index contributed by atoms with van der Waals surface area (Å²) in [6, 6.07) is 14.2. The highest BCUT2D eigenvalue weighted by Crippen LogP contribution is 2.35. The minimum absolute atomic E-state index is 0.113. The lowest BCUT2D eigenvalue weighted by molar-refractivity contribution is -0.137. The number of carbonyl (C=O) groups excluding carboxylic acids is 1. The predicted molar refractivity (Wildman–Crippen MR) is 126 cm³/mol. The molecule has 0 aliphatic carbocycles. The van der Waals surface area contributed by atoms with Crippen LogP contribution in [0.3, 0.4) is 0 Å². The maximum absolute atomic E-state index is 13.0. The number of aromatic nitrogens is 2. The highest BCUT2D eigenvalue weighted by molar-refractivity contribution is 6.04. The lowest BCUT2D eigenvalue weighted by atomic mass is 9.92. The van der Waals surface area contributed by atoms with Gasteiger partial charge in [-0.1, -0.05) is 12.1 Å². The largest absolute Gasteiger partial charge is 0.416 e. The number of nitrogens with zero attached hydrogens (tertiary/aromatic N) is 2. The maximum Gasteiger partial charge on any atom is 0.416 e. The van der Waals surface area contributed by atoms with E-state index in [4.69, 9.17) is 0 Å². The maximum atomic E-state index is 13.0. The van der Waals surface area contributed by atoms with Gasteiger partial charge >= 0.3 is 6.18 Å². The van der Waals surface area contributed by atoms with Crippen LogP contribution in [0.5, 0.6) is 0 Å². The van der Waals surface area contributed by atoms with Gasteiger partial charge in [0, 0.05) is 53.7 Å². The molecule has 1 aliphatic heterocycles. The van der Waals surface area contributed by atoms with Gasteiger partial charge in [0.15, 0.2) is 0 Å². The first-order valence-corrected chi connectivity index (χ1v) is 11.1. The van der Waals surface area contributed by atoms with Gasteiger partial charge in [-0.15, -0.1) is 0 Å². The van der Waals surface area contributed by atoms with Crippen molar-refractivity contribution in [1.82, 2.24) is 9.97 Å². The Kier molecular flexibility index (Phi) is 5.51. The number of fused-ring (bicyclic) bond motifs is 1. The molecule has 8 heteroatoms. The Morgan fingerprint density at radius 3 is 2.82 bits per heavy atom. The average Bonchev–Trinajstić information content (AvgIpc) is 3.49. The van der Waals surface area contributed by atoms with E-state index in [1.807, 2.05) is 37.4 Å². The lowest BCUT2D eigenvalue weighted by Crippen LogP contribution is -2.20. The molecular formula is C26H23F3N4O. The van der Waals surface area contributed by atoms with E-state index in [-0.39, 0.29) is 11.6 Å². The number of hydrogen-bond donors (Lipinski definition) is 2. The summed E-state index contributed by atoms with van der Waals surface area (Å²) in [6.45, 7) is 3.71. The number of benzene rings is 2.